The normalized spacial score (nSPS) is 53.5. The number of hydrogen-bond donors (Lipinski definition) is 1. The first-order chi connectivity index (χ1) is 18.5. The number of cyclic esters (lactones) is 2. The molecule has 9 heterocycles. The predicted molar refractivity (Wildman–Crippen MR) is 151 cm³/mol. The van der Waals surface area contributed by atoms with E-state index in [4.69, 9.17) is 9.47 Å². The van der Waals surface area contributed by atoms with Crippen LogP contribution in [-0.2, 0) is 28.7 Å². The third-order valence-corrected chi connectivity index (χ3v) is 16.9. The largest absolute Gasteiger partial charge is 0.481 e. The van der Waals surface area contributed by atoms with Crippen LogP contribution >= 0.6 is 47.0 Å². The second-order valence-corrected chi connectivity index (χ2v) is 18.5. The van der Waals surface area contributed by atoms with Crippen LogP contribution < -0.4 is 0 Å². The average molecular weight is 607 g/mol. The molecule has 1 N–H and O–H groups in total. The Morgan fingerprint density at radius 3 is 1.56 bits per heavy atom. The predicted octanol–water partition coefficient (Wildman–Crippen LogP) is 3.51. The lowest BCUT2D eigenvalue weighted by molar-refractivity contribution is -0.168. The van der Waals surface area contributed by atoms with Crippen molar-refractivity contribution in [2.24, 2.45) is 47.3 Å². The highest BCUT2D eigenvalue weighted by atomic mass is 32.2. The summed E-state index contributed by atoms with van der Waals surface area (Å²) in [5.74, 6) is -0.987. The Morgan fingerprint density at radius 1 is 0.718 bits per heavy atom. The zero-order chi connectivity index (χ0) is 27.1. The number of hydrogen-bond acceptors (Lipinski definition) is 10. The lowest BCUT2D eigenvalue weighted by atomic mass is 9.65. The number of carbonyl (C=O) groups is 4. The van der Waals surface area contributed by atoms with Crippen LogP contribution in [0.15, 0.2) is 24.3 Å². The summed E-state index contributed by atoms with van der Waals surface area (Å²) < 4.78 is 10.4. The minimum Gasteiger partial charge on any atom is -0.481 e. The van der Waals surface area contributed by atoms with Gasteiger partial charge in [-0.2, -0.15) is 23.5 Å². The molecular weight excluding hydrogens is 577 g/mol. The fraction of sp³-hybridized carbons (Fsp3) is 0.714. The number of fused-ring (bicyclic) bond motifs is 21. The van der Waals surface area contributed by atoms with Crippen LogP contribution in [0.3, 0.4) is 0 Å². The molecule has 0 radical (unpaired) electrons. The maximum Gasteiger partial charge on any atom is 0.318 e. The minimum atomic E-state index is -0.842. The number of carbonyl (C=O) groups excluding carboxylic acids is 3. The van der Waals surface area contributed by atoms with E-state index in [-0.39, 0.29) is 40.2 Å². The Bertz CT molecular complexity index is 1200. The van der Waals surface area contributed by atoms with Crippen molar-refractivity contribution >= 4 is 70.9 Å². The first-order valence-corrected chi connectivity index (χ1v) is 17.5. The number of aliphatic carboxylic acids is 1. The molecule has 8 bridgehead atoms. The van der Waals surface area contributed by atoms with Gasteiger partial charge in [0.2, 0.25) is 0 Å². The van der Waals surface area contributed by atoms with E-state index >= 15 is 0 Å². The SMILES string of the molecule is CC(C)(C)OC(=O)C1C2SC(C1C(=O)O)C1C3C=CC(S3)C21.O=C1OC(=O)C2C3SC(C12)C1C2C=CC(S2)C31. The molecule has 7 saturated heterocycles. The lowest BCUT2D eigenvalue weighted by Gasteiger charge is -2.37. The fourth-order valence-corrected chi connectivity index (χ4v) is 17.6. The van der Waals surface area contributed by atoms with Crippen molar-refractivity contribution in [1.82, 2.24) is 0 Å². The molecule has 39 heavy (non-hydrogen) atoms. The molecule has 0 aromatic rings. The summed E-state index contributed by atoms with van der Waals surface area (Å²) in [5.41, 5.74) is -0.574. The summed E-state index contributed by atoms with van der Waals surface area (Å²) in [5, 5.41) is 12.6. The van der Waals surface area contributed by atoms with Gasteiger partial charge in [-0.05, 0) is 44.4 Å². The molecule has 0 amide bonds. The van der Waals surface area contributed by atoms with E-state index in [2.05, 4.69) is 24.3 Å². The molecule has 9 aliphatic heterocycles. The van der Waals surface area contributed by atoms with E-state index in [9.17, 15) is 24.3 Å². The van der Waals surface area contributed by atoms with Crippen LogP contribution in [0, 0.1) is 47.3 Å². The van der Waals surface area contributed by atoms with Crippen molar-refractivity contribution in [3.05, 3.63) is 24.3 Å². The number of rotatable bonds is 2. The molecule has 208 valence electrons. The fourth-order valence-electron chi connectivity index (χ4n) is 8.94. The van der Waals surface area contributed by atoms with Crippen LogP contribution in [0.5, 0.6) is 0 Å². The highest BCUT2D eigenvalue weighted by Crippen LogP contribution is 2.70. The third-order valence-electron chi connectivity index (χ3n) is 10.1. The quantitative estimate of drug-likeness (QED) is 0.284. The van der Waals surface area contributed by atoms with Crippen molar-refractivity contribution in [3.8, 4) is 0 Å². The second-order valence-electron chi connectivity index (χ2n) is 13.1. The smallest absolute Gasteiger partial charge is 0.318 e. The molecule has 11 heteroatoms. The van der Waals surface area contributed by atoms with Gasteiger partial charge >= 0.3 is 23.9 Å². The maximum atomic E-state index is 12.6. The highest BCUT2D eigenvalue weighted by molar-refractivity contribution is 8.03. The van der Waals surface area contributed by atoms with Gasteiger partial charge in [-0.3, -0.25) is 19.2 Å². The summed E-state index contributed by atoms with van der Waals surface area (Å²) in [6.07, 6.45) is 9.09. The summed E-state index contributed by atoms with van der Waals surface area (Å²) >= 11 is 7.60. The molecule has 0 aromatic carbocycles. The van der Waals surface area contributed by atoms with E-state index in [1.165, 1.54) is 0 Å². The van der Waals surface area contributed by atoms with E-state index in [1.807, 2.05) is 56.1 Å². The van der Waals surface area contributed by atoms with Crippen LogP contribution in [0.4, 0.5) is 0 Å². The second kappa shape index (κ2) is 8.51. The average Bonchev–Trinajstić information content (AvgIpc) is 3.68. The maximum absolute atomic E-state index is 12.6. The summed E-state index contributed by atoms with van der Waals surface area (Å²) in [6.45, 7) is 5.50. The molecule has 0 aromatic heterocycles. The van der Waals surface area contributed by atoms with Gasteiger partial charge in [0.15, 0.2) is 0 Å². The van der Waals surface area contributed by atoms with Gasteiger partial charge in [0.25, 0.3) is 0 Å². The third kappa shape index (κ3) is 3.48. The van der Waals surface area contributed by atoms with E-state index in [0.29, 0.717) is 55.2 Å². The van der Waals surface area contributed by atoms with Crippen molar-refractivity contribution in [1.29, 1.82) is 0 Å². The topological polar surface area (TPSA) is 107 Å². The van der Waals surface area contributed by atoms with Gasteiger partial charge in [0.05, 0.1) is 23.7 Å². The monoisotopic (exact) mass is 606 g/mol. The molecule has 9 rings (SSSR count). The van der Waals surface area contributed by atoms with E-state index in [0.717, 1.165) is 0 Å². The minimum absolute atomic E-state index is 0.0532. The van der Waals surface area contributed by atoms with Crippen molar-refractivity contribution < 1.29 is 33.8 Å². The molecule has 16 unspecified atom stereocenters. The molecule has 0 spiro atoms. The summed E-state index contributed by atoms with van der Waals surface area (Å²) in [7, 11) is 0. The Kier molecular flexibility index (Phi) is 5.59. The van der Waals surface area contributed by atoms with E-state index < -0.39 is 23.4 Å². The Morgan fingerprint density at radius 2 is 1.13 bits per heavy atom. The molecule has 0 aliphatic carbocycles. The van der Waals surface area contributed by atoms with Crippen LogP contribution in [0.1, 0.15) is 20.8 Å². The Labute approximate surface area is 243 Å². The Hall–Kier alpha value is -1.04. The first kappa shape index (κ1) is 25.7. The molecule has 7 nitrogen and oxygen atoms in total. The number of carboxylic acid groups (broad SMARTS) is 1. The molecular formula is C28H30O7S4. The number of ether oxygens (including phenoxy) is 2. The molecule has 9 aliphatic rings. The number of thioether (sulfide) groups is 4. The van der Waals surface area contributed by atoms with Crippen molar-refractivity contribution in [3.63, 3.8) is 0 Å². The molecule has 0 saturated carbocycles. The molecule has 16 atom stereocenters. The van der Waals surface area contributed by atoms with Gasteiger partial charge in [-0.25, -0.2) is 0 Å². The zero-order valence-electron chi connectivity index (χ0n) is 21.6. The summed E-state index contributed by atoms with van der Waals surface area (Å²) in [4.78, 5) is 48.0. The number of carboxylic acids is 1. The van der Waals surface area contributed by atoms with Gasteiger partial charge in [0.1, 0.15) is 5.60 Å². The van der Waals surface area contributed by atoms with Gasteiger partial charge < -0.3 is 14.6 Å². The van der Waals surface area contributed by atoms with Gasteiger partial charge in [-0.15, -0.1) is 23.5 Å². The van der Waals surface area contributed by atoms with Crippen LogP contribution in [0.25, 0.3) is 0 Å². The van der Waals surface area contributed by atoms with Crippen LogP contribution in [0.2, 0.25) is 0 Å². The highest BCUT2D eigenvalue weighted by Gasteiger charge is 2.72. The zero-order valence-corrected chi connectivity index (χ0v) is 24.8. The van der Waals surface area contributed by atoms with Gasteiger partial charge in [-0.1, -0.05) is 24.3 Å². The van der Waals surface area contributed by atoms with Crippen LogP contribution in [-0.4, -0.2) is 76.6 Å². The molecule has 7 fully saturated rings. The van der Waals surface area contributed by atoms with Crippen molar-refractivity contribution in [2.75, 3.05) is 0 Å². The standard InChI is InChI=1S/C16H20O4S2.C12H10O3S2/c1-16(2,3)20-15(19)11-10(14(17)18)12-8-6-4-5-7(21-6)9(8)13(11)22-12;13-11-7-8(12(14)15-11)10-6-4-2-1-3(16-4)5(6)9(7)17-10/h4-13H,1-3H3,(H,17,18);1-10H. The van der Waals surface area contributed by atoms with Gasteiger partial charge in [0, 0.05) is 42.0 Å². The summed E-state index contributed by atoms with van der Waals surface area (Å²) in [6, 6.07) is 0. The van der Waals surface area contributed by atoms with E-state index in [1.54, 1.807) is 11.8 Å². The lowest BCUT2D eigenvalue weighted by Crippen LogP contribution is -2.50. The number of esters is 3. The Balaban J connectivity index is 0.000000124. The first-order valence-electron chi connectivity index (χ1n) is 13.7. The van der Waals surface area contributed by atoms with Crippen molar-refractivity contribution in [2.45, 2.75) is 68.4 Å².